The number of nitrogens with zero attached hydrogens (tertiary/aromatic N) is 4. The minimum atomic E-state index is -0.761. The predicted octanol–water partition coefficient (Wildman–Crippen LogP) is 1.26. The Morgan fingerprint density at radius 3 is 3.00 bits per heavy atom. The molecule has 24 heavy (non-hydrogen) atoms. The van der Waals surface area contributed by atoms with Crippen molar-refractivity contribution in [2.75, 3.05) is 6.61 Å². The maximum Gasteiger partial charge on any atom is 0.221 e. The highest BCUT2D eigenvalue weighted by Gasteiger charge is 2.45. The van der Waals surface area contributed by atoms with Crippen LogP contribution in [-0.2, 0) is 14.3 Å². The van der Waals surface area contributed by atoms with Crippen LogP contribution in [0.2, 0.25) is 0 Å². The zero-order valence-electron chi connectivity index (χ0n) is 12.8. The smallest absolute Gasteiger partial charge is 0.221 e. The molecule has 9 heteroatoms. The van der Waals surface area contributed by atoms with Gasteiger partial charge in [0.2, 0.25) is 11.1 Å². The number of carbonyl (C=O) groups excluding carboxylic acids is 2. The third-order valence-corrected chi connectivity index (χ3v) is 4.59. The minimum Gasteiger partial charge on any atom is -0.343 e. The fraction of sp³-hybridized carbons (Fsp3) is 0.400. The molecule has 2 aliphatic heterocycles. The molecule has 1 aromatic carbocycles. The van der Waals surface area contributed by atoms with Crippen LogP contribution in [0.15, 0.2) is 24.3 Å². The van der Waals surface area contributed by atoms with Crippen LogP contribution in [0.1, 0.15) is 29.7 Å². The van der Waals surface area contributed by atoms with Crippen LogP contribution in [0, 0.1) is 4.77 Å². The maximum atomic E-state index is 12.0. The first-order chi connectivity index (χ1) is 11.5. The number of rotatable bonds is 3. The second-order valence-electron chi connectivity index (χ2n) is 5.80. The van der Waals surface area contributed by atoms with E-state index in [0.29, 0.717) is 22.6 Å². The molecule has 2 saturated heterocycles. The second kappa shape index (κ2) is 5.69. The van der Waals surface area contributed by atoms with Gasteiger partial charge in [0.25, 0.3) is 0 Å². The van der Waals surface area contributed by atoms with Gasteiger partial charge in [-0.05, 0) is 41.7 Å². The Hall–Kier alpha value is -2.23. The van der Waals surface area contributed by atoms with Crippen molar-refractivity contribution in [3.63, 3.8) is 0 Å². The molecule has 3 heterocycles. The standard InChI is InChI=1S/C15H14N4O4S/c1-8(20)9-3-2-4-10(5-9)18-15(24)19(17-16-18)11-6-12(21)14-22-7-13(11)23-14/h2-5,11,13-14H,6-7H2,1H3/t11-,13+,14+/m0/s1. The summed E-state index contributed by atoms with van der Waals surface area (Å²) in [7, 11) is 0. The van der Waals surface area contributed by atoms with Crippen molar-refractivity contribution in [3.05, 3.63) is 34.6 Å². The van der Waals surface area contributed by atoms with Gasteiger partial charge in [-0.1, -0.05) is 12.1 Å². The molecule has 4 rings (SSSR count). The van der Waals surface area contributed by atoms with Crippen molar-refractivity contribution in [2.24, 2.45) is 0 Å². The van der Waals surface area contributed by atoms with Crippen LogP contribution >= 0.6 is 12.2 Å². The Morgan fingerprint density at radius 1 is 1.38 bits per heavy atom. The molecular formula is C15H14N4O4S. The predicted molar refractivity (Wildman–Crippen MR) is 83.5 cm³/mol. The Bertz CT molecular complexity index is 890. The van der Waals surface area contributed by atoms with Gasteiger partial charge >= 0.3 is 0 Å². The normalized spacial score (nSPS) is 25.9. The number of hydrogen-bond acceptors (Lipinski definition) is 7. The highest BCUT2D eigenvalue weighted by atomic mass is 32.1. The van der Waals surface area contributed by atoms with E-state index in [1.54, 1.807) is 24.3 Å². The topological polar surface area (TPSA) is 88.2 Å². The van der Waals surface area contributed by atoms with Crippen molar-refractivity contribution in [1.82, 2.24) is 19.8 Å². The molecule has 2 aromatic rings. The van der Waals surface area contributed by atoms with E-state index in [1.807, 2.05) is 0 Å². The van der Waals surface area contributed by atoms with Crippen LogP contribution in [0.3, 0.4) is 0 Å². The summed E-state index contributed by atoms with van der Waals surface area (Å²) in [5, 5.41) is 8.17. The highest BCUT2D eigenvalue weighted by molar-refractivity contribution is 7.71. The molecule has 0 amide bonds. The molecule has 2 aliphatic rings. The largest absolute Gasteiger partial charge is 0.343 e. The van der Waals surface area contributed by atoms with Gasteiger partial charge in [-0.25, -0.2) is 4.68 Å². The number of carbonyl (C=O) groups is 2. The van der Waals surface area contributed by atoms with E-state index < -0.39 is 6.29 Å². The molecule has 124 valence electrons. The molecule has 0 spiro atoms. The van der Waals surface area contributed by atoms with Crippen LogP contribution in [0.25, 0.3) is 5.69 Å². The van der Waals surface area contributed by atoms with E-state index in [2.05, 4.69) is 10.4 Å². The number of fused-ring (bicyclic) bond motifs is 2. The highest BCUT2D eigenvalue weighted by Crippen LogP contribution is 2.32. The quantitative estimate of drug-likeness (QED) is 0.610. The van der Waals surface area contributed by atoms with E-state index in [4.69, 9.17) is 21.7 Å². The number of benzene rings is 1. The molecule has 0 aliphatic carbocycles. The molecule has 1 aromatic heterocycles. The van der Waals surface area contributed by atoms with Crippen LogP contribution in [-0.4, -0.2) is 50.4 Å². The molecule has 3 atom stereocenters. The Morgan fingerprint density at radius 2 is 2.21 bits per heavy atom. The lowest BCUT2D eigenvalue weighted by Gasteiger charge is -2.25. The molecule has 8 nitrogen and oxygen atoms in total. The monoisotopic (exact) mass is 346 g/mol. The van der Waals surface area contributed by atoms with E-state index in [1.165, 1.54) is 16.3 Å². The van der Waals surface area contributed by atoms with Crippen LogP contribution in [0.5, 0.6) is 0 Å². The van der Waals surface area contributed by atoms with E-state index in [9.17, 15) is 9.59 Å². The third kappa shape index (κ3) is 2.41. The van der Waals surface area contributed by atoms with Gasteiger partial charge in [-0.3, -0.25) is 9.59 Å². The molecule has 0 unspecified atom stereocenters. The van der Waals surface area contributed by atoms with Gasteiger partial charge in [-0.15, -0.1) is 0 Å². The van der Waals surface area contributed by atoms with Gasteiger partial charge in [0.1, 0.15) is 6.10 Å². The first-order valence-electron chi connectivity index (χ1n) is 7.50. The van der Waals surface area contributed by atoms with E-state index in [-0.39, 0.29) is 30.1 Å². The van der Waals surface area contributed by atoms with Crippen molar-refractivity contribution in [3.8, 4) is 5.69 Å². The summed E-state index contributed by atoms with van der Waals surface area (Å²) >= 11 is 5.46. The second-order valence-corrected chi connectivity index (χ2v) is 6.17. The number of aromatic nitrogens is 4. The SMILES string of the molecule is CC(=O)c1cccc(-n2nnn([C@H]3CC(=O)[C@@H]4OC[C@H]3O4)c2=S)c1. The van der Waals surface area contributed by atoms with Crippen molar-refractivity contribution in [1.29, 1.82) is 0 Å². The number of tetrazole rings is 1. The average Bonchev–Trinajstić information content (AvgIpc) is 3.17. The van der Waals surface area contributed by atoms with Gasteiger partial charge in [0, 0.05) is 12.0 Å². The third-order valence-electron chi connectivity index (χ3n) is 4.23. The van der Waals surface area contributed by atoms with Crippen molar-refractivity contribution >= 4 is 23.8 Å². The lowest BCUT2D eigenvalue weighted by molar-refractivity contribution is -0.156. The zero-order chi connectivity index (χ0) is 16.8. The summed E-state index contributed by atoms with van der Waals surface area (Å²) in [6.45, 7) is 1.83. The van der Waals surface area contributed by atoms with Crippen LogP contribution in [0.4, 0.5) is 0 Å². The summed E-state index contributed by atoms with van der Waals surface area (Å²) in [4.78, 5) is 23.5. The fourth-order valence-electron chi connectivity index (χ4n) is 2.95. The number of hydrogen-bond donors (Lipinski definition) is 0. The summed E-state index contributed by atoms with van der Waals surface area (Å²) in [5.41, 5.74) is 1.20. The Labute approximate surface area is 141 Å². The fourth-order valence-corrected chi connectivity index (χ4v) is 3.27. The van der Waals surface area contributed by atoms with E-state index in [0.717, 1.165) is 0 Å². The molecule has 2 fully saturated rings. The zero-order valence-corrected chi connectivity index (χ0v) is 13.6. The molecule has 2 bridgehead atoms. The first-order valence-corrected chi connectivity index (χ1v) is 7.91. The van der Waals surface area contributed by atoms with Gasteiger partial charge in [0.15, 0.2) is 11.6 Å². The molecule has 0 saturated carbocycles. The van der Waals surface area contributed by atoms with Crippen molar-refractivity contribution in [2.45, 2.75) is 31.8 Å². The molecular weight excluding hydrogens is 332 g/mol. The number of Topliss-reactive ketones (excluding diaryl/α,β-unsaturated/α-hetero) is 2. The Kier molecular flexibility index (Phi) is 3.63. The molecule has 0 N–H and O–H groups in total. The van der Waals surface area contributed by atoms with E-state index >= 15 is 0 Å². The lowest BCUT2D eigenvalue weighted by atomic mass is 10.0. The van der Waals surface area contributed by atoms with Gasteiger partial charge in [-0.2, -0.15) is 4.68 Å². The lowest BCUT2D eigenvalue weighted by Crippen LogP contribution is -2.37. The van der Waals surface area contributed by atoms with Crippen molar-refractivity contribution < 1.29 is 19.1 Å². The maximum absolute atomic E-state index is 12.0. The number of ketones is 2. The summed E-state index contributed by atoms with van der Waals surface area (Å²) in [5.74, 6) is -0.167. The summed E-state index contributed by atoms with van der Waals surface area (Å²) < 4.78 is 14.2. The summed E-state index contributed by atoms with van der Waals surface area (Å²) in [6, 6.07) is 6.64. The minimum absolute atomic E-state index is 0.0452. The number of ether oxygens (including phenoxy) is 2. The average molecular weight is 346 g/mol. The van der Waals surface area contributed by atoms with Crippen LogP contribution < -0.4 is 0 Å². The van der Waals surface area contributed by atoms with Gasteiger partial charge < -0.3 is 9.47 Å². The first kappa shape index (κ1) is 15.3. The van der Waals surface area contributed by atoms with Gasteiger partial charge in [0.05, 0.1) is 18.3 Å². The Balaban J connectivity index is 1.71. The molecule has 0 radical (unpaired) electrons. The summed E-state index contributed by atoms with van der Waals surface area (Å²) in [6.07, 6.45) is -0.786.